The summed E-state index contributed by atoms with van der Waals surface area (Å²) in [6.45, 7) is 4.14. The number of hydrogen-bond acceptors (Lipinski definition) is 4. The number of carbonyl (C=O) groups excluding carboxylic acids is 1. The van der Waals surface area contributed by atoms with Crippen LogP contribution in [0.25, 0.3) is 0 Å². The molecular formula is C13H22N4O2. The summed E-state index contributed by atoms with van der Waals surface area (Å²) in [5, 5.41) is 10.4. The molecule has 6 heteroatoms. The second-order valence-electron chi connectivity index (χ2n) is 5.15. The van der Waals surface area contributed by atoms with Crippen LogP contribution in [-0.4, -0.2) is 41.5 Å². The molecule has 1 aliphatic rings. The van der Waals surface area contributed by atoms with Crippen molar-refractivity contribution in [1.82, 2.24) is 15.1 Å². The highest BCUT2D eigenvalue weighted by atomic mass is 16.5. The number of nitrogens with one attached hydrogen (secondary N) is 2. The molecular weight excluding hydrogens is 244 g/mol. The Balaban J connectivity index is 1.92. The number of rotatable bonds is 5. The Morgan fingerprint density at radius 2 is 2.47 bits per heavy atom. The maximum absolute atomic E-state index is 12.3. The molecule has 1 amide bonds. The van der Waals surface area contributed by atoms with Gasteiger partial charge in [-0.3, -0.25) is 9.48 Å². The molecule has 6 nitrogen and oxygen atoms in total. The van der Waals surface area contributed by atoms with Gasteiger partial charge in [0.15, 0.2) is 0 Å². The maximum atomic E-state index is 12.3. The minimum Gasteiger partial charge on any atom is -0.383 e. The Morgan fingerprint density at radius 1 is 1.63 bits per heavy atom. The van der Waals surface area contributed by atoms with E-state index in [2.05, 4.69) is 15.7 Å². The van der Waals surface area contributed by atoms with Gasteiger partial charge in [-0.1, -0.05) is 0 Å². The van der Waals surface area contributed by atoms with E-state index in [0.29, 0.717) is 13.2 Å². The van der Waals surface area contributed by atoms with Crippen molar-refractivity contribution in [2.45, 2.75) is 38.3 Å². The molecule has 0 aliphatic carbocycles. The SMILES string of the molecule is COCCn1cc(NC(=O)C2(C)CCCCN2)cn1. The lowest BCUT2D eigenvalue weighted by Crippen LogP contribution is -2.54. The quantitative estimate of drug-likeness (QED) is 0.834. The molecule has 0 spiro atoms. The van der Waals surface area contributed by atoms with Crippen LogP contribution >= 0.6 is 0 Å². The molecule has 106 valence electrons. The van der Waals surface area contributed by atoms with E-state index in [0.717, 1.165) is 31.5 Å². The second-order valence-corrected chi connectivity index (χ2v) is 5.15. The van der Waals surface area contributed by atoms with E-state index in [9.17, 15) is 4.79 Å². The number of piperidine rings is 1. The minimum absolute atomic E-state index is 0.0125. The number of methoxy groups -OCH3 is 1. The van der Waals surface area contributed by atoms with Gasteiger partial charge in [-0.15, -0.1) is 0 Å². The van der Waals surface area contributed by atoms with Crippen molar-refractivity contribution in [3.05, 3.63) is 12.4 Å². The first-order valence-corrected chi connectivity index (χ1v) is 6.72. The van der Waals surface area contributed by atoms with Gasteiger partial charge in [0.1, 0.15) is 0 Å². The highest BCUT2D eigenvalue weighted by Crippen LogP contribution is 2.20. The van der Waals surface area contributed by atoms with Gasteiger partial charge in [0.05, 0.1) is 30.6 Å². The zero-order valence-electron chi connectivity index (χ0n) is 11.6. The van der Waals surface area contributed by atoms with E-state index in [-0.39, 0.29) is 5.91 Å². The summed E-state index contributed by atoms with van der Waals surface area (Å²) < 4.78 is 6.75. The summed E-state index contributed by atoms with van der Waals surface area (Å²) in [7, 11) is 1.65. The van der Waals surface area contributed by atoms with Gasteiger partial charge in [-0.25, -0.2) is 0 Å². The first-order valence-electron chi connectivity index (χ1n) is 6.72. The van der Waals surface area contributed by atoms with Crippen molar-refractivity contribution in [3.63, 3.8) is 0 Å². The molecule has 2 N–H and O–H groups in total. The number of aromatic nitrogens is 2. The number of ether oxygens (including phenoxy) is 1. The number of amides is 1. The third kappa shape index (κ3) is 3.54. The summed E-state index contributed by atoms with van der Waals surface area (Å²) >= 11 is 0. The van der Waals surface area contributed by atoms with Crippen LogP contribution in [0, 0.1) is 0 Å². The summed E-state index contributed by atoms with van der Waals surface area (Å²) in [5.41, 5.74) is 0.266. The predicted molar refractivity (Wildman–Crippen MR) is 73.0 cm³/mol. The Bertz CT molecular complexity index is 424. The minimum atomic E-state index is -0.465. The topological polar surface area (TPSA) is 68.2 Å². The van der Waals surface area contributed by atoms with Crippen LogP contribution in [0.4, 0.5) is 5.69 Å². The Morgan fingerprint density at radius 3 is 3.16 bits per heavy atom. The zero-order valence-corrected chi connectivity index (χ0v) is 11.6. The molecule has 2 heterocycles. The Hall–Kier alpha value is -1.40. The molecule has 0 saturated carbocycles. The Kier molecular flexibility index (Phi) is 4.55. The molecule has 0 bridgehead atoms. The maximum Gasteiger partial charge on any atom is 0.244 e. The molecule has 1 aliphatic heterocycles. The smallest absolute Gasteiger partial charge is 0.244 e. The Labute approximate surface area is 113 Å². The van der Waals surface area contributed by atoms with E-state index < -0.39 is 5.54 Å². The first kappa shape index (κ1) is 14.0. The number of carbonyl (C=O) groups is 1. The van der Waals surface area contributed by atoms with Crippen molar-refractivity contribution in [3.8, 4) is 0 Å². The molecule has 1 saturated heterocycles. The van der Waals surface area contributed by atoms with Crippen molar-refractivity contribution in [2.75, 3.05) is 25.6 Å². The fourth-order valence-corrected chi connectivity index (χ4v) is 2.25. The lowest BCUT2D eigenvalue weighted by Gasteiger charge is -2.33. The highest BCUT2D eigenvalue weighted by Gasteiger charge is 2.34. The van der Waals surface area contributed by atoms with E-state index in [1.807, 2.05) is 13.1 Å². The van der Waals surface area contributed by atoms with Crippen LogP contribution in [0.2, 0.25) is 0 Å². The van der Waals surface area contributed by atoms with Gasteiger partial charge in [-0.2, -0.15) is 5.10 Å². The third-order valence-corrected chi connectivity index (χ3v) is 3.54. The van der Waals surface area contributed by atoms with Crippen LogP contribution in [-0.2, 0) is 16.1 Å². The normalized spacial score (nSPS) is 23.3. The van der Waals surface area contributed by atoms with Crippen LogP contribution in [0.3, 0.4) is 0 Å². The first-order chi connectivity index (χ1) is 9.14. The molecule has 1 aromatic rings. The summed E-state index contributed by atoms with van der Waals surface area (Å²) in [5.74, 6) is 0.0125. The van der Waals surface area contributed by atoms with Gasteiger partial charge in [0.25, 0.3) is 0 Å². The summed E-state index contributed by atoms with van der Waals surface area (Å²) in [6.07, 6.45) is 6.58. The van der Waals surface area contributed by atoms with Gasteiger partial charge < -0.3 is 15.4 Å². The molecule has 1 unspecified atom stereocenters. The van der Waals surface area contributed by atoms with Gasteiger partial charge >= 0.3 is 0 Å². The number of anilines is 1. The largest absolute Gasteiger partial charge is 0.383 e. The second kappa shape index (κ2) is 6.16. The lowest BCUT2D eigenvalue weighted by atomic mass is 9.90. The van der Waals surface area contributed by atoms with Gasteiger partial charge in [-0.05, 0) is 32.7 Å². The monoisotopic (exact) mass is 266 g/mol. The lowest BCUT2D eigenvalue weighted by molar-refractivity contribution is -0.122. The van der Waals surface area contributed by atoms with Crippen molar-refractivity contribution in [1.29, 1.82) is 0 Å². The standard InChI is InChI=1S/C13H22N4O2/c1-13(5-3-4-6-14-13)12(18)16-11-9-15-17(10-11)7-8-19-2/h9-10,14H,3-8H2,1-2H3,(H,16,18). The molecule has 2 rings (SSSR count). The number of nitrogens with zero attached hydrogens (tertiary/aromatic N) is 2. The summed E-state index contributed by atoms with van der Waals surface area (Å²) in [6, 6.07) is 0. The third-order valence-electron chi connectivity index (χ3n) is 3.54. The van der Waals surface area contributed by atoms with Gasteiger partial charge in [0, 0.05) is 13.3 Å². The molecule has 0 aromatic carbocycles. The molecule has 19 heavy (non-hydrogen) atoms. The molecule has 1 atom stereocenters. The van der Waals surface area contributed by atoms with Crippen LogP contribution in [0.5, 0.6) is 0 Å². The predicted octanol–water partition coefficient (Wildman–Crippen LogP) is 1.00. The van der Waals surface area contributed by atoms with Crippen LogP contribution < -0.4 is 10.6 Å². The molecule has 1 aromatic heterocycles. The van der Waals surface area contributed by atoms with Crippen molar-refractivity contribution >= 4 is 11.6 Å². The zero-order chi connectivity index (χ0) is 13.7. The fourth-order valence-electron chi connectivity index (χ4n) is 2.25. The van der Waals surface area contributed by atoms with Crippen molar-refractivity contribution < 1.29 is 9.53 Å². The summed E-state index contributed by atoms with van der Waals surface area (Å²) in [4.78, 5) is 12.3. The molecule has 1 fully saturated rings. The van der Waals surface area contributed by atoms with Crippen molar-refractivity contribution in [2.24, 2.45) is 0 Å². The van der Waals surface area contributed by atoms with Crippen LogP contribution in [0.15, 0.2) is 12.4 Å². The molecule has 0 radical (unpaired) electrons. The van der Waals surface area contributed by atoms with E-state index in [4.69, 9.17) is 4.74 Å². The van der Waals surface area contributed by atoms with E-state index >= 15 is 0 Å². The highest BCUT2D eigenvalue weighted by molar-refractivity contribution is 5.97. The average molecular weight is 266 g/mol. The van der Waals surface area contributed by atoms with Gasteiger partial charge in [0.2, 0.25) is 5.91 Å². The van der Waals surface area contributed by atoms with E-state index in [1.54, 1.807) is 18.0 Å². The fraction of sp³-hybridized carbons (Fsp3) is 0.692. The number of hydrogen-bond donors (Lipinski definition) is 2. The van der Waals surface area contributed by atoms with E-state index in [1.165, 1.54) is 0 Å². The van der Waals surface area contributed by atoms with Crippen LogP contribution in [0.1, 0.15) is 26.2 Å². The average Bonchev–Trinajstić information content (AvgIpc) is 2.85.